The molecule has 0 aromatic heterocycles. The van der Waals surface area contributed by atoms with Crippen LogP contribution < -0.4 is 4.90 Å². The molecule has 0 radical (unpaired) electrons. The van der Waals surface area contributed by atoms with Gasteiger partial charge in [-0.3, -0.25) is 0 Å². The van der Waals surface area contributed by atoms with E-state index in [0.29, 0.717) is 11.3 Å². The summed E-state index contributed by atoms with van der Waals surface area (Å²) in [6, 6.07) is 42.3. The summed E-state index contributed by atoms with van der Waals surface area (Å²) in [6.45, 7) is -0.390. The molecule has 54 heavy (non-hydrogen) atoms. The molecule has 0 atom stereocenters. The number of fused-ring (bicyclic) bond motifs is 5. The molecule has 1 heteroatoms. The normalized spacial score (nSPS) is 14.3. The number of benzene rings is 10. The Bertz CT molecular complexity index is 3560. The first-order valence-corrected chi connectivity index (χ1v) is 17.8. The van der Waals surface area contributed by atoms with Crippen LogP contribution in [0.2, 0.25) is 0 Å². The maximum absolute atomic E-state index is 9.57. The van der Waals surface area contributed by atoms with Crippen molar-refractivity contribution in [1.29, 1.82) is 0 Å². The molecular formula is C53H37N. The zero-order chi connectivity index (χ0) is 45.4. The summed E-state index contributed by atoms with van der Waals surface area (Å²) < 4.78 is 99.1. The molecule has 0 saturated heterocycles. The molecule has 0 heterocycles. The highest BCUT2D eigenvalue weighted by molar-refractivity contribution is 6.08. The van der Waals surface area contributed by atoms with Crippen LogP contribution in [0.15, 0.2) is 212 Å². The van der Waals surface area contributed by atoms with Crippen molar-refractivity contribution < 1.29 is 15.1 Å². The first-order valence-electron chi connectivity index (χ1n) is 23.3. The third-order valence-electron chi connectivity index (χ3n) is 10.1. The van der Waals surface area contributed by atoms with Gasteiger partial charge in [0.2, 0.25) is 0 Å². The molecule has 1 nitrogen and oxygen atoms in total. The SMILES string of the molecule is [2H]c1c([2H])c(N(Cc2c([2H])c([2H])c([2H])c3c([2H])c([2H])c([2H])c([2H])c23)c2ccc(-c3ccc4c(ccc5ccccc54)c3)cc2)c([2H])c([2H])c1-c1cccc(-c2cccc3ccccc23)c1. The van der Waals surface area contributed by atoms with Gasteiger partial charge < -0.3 is 4.90 Å². The summed E-state index contributed by atoms with van der Waals surface area (Å²) in [5.74, 6) is 0. The summed E-state index contributed by atoms with van der Waals surface area (Å²) in [4.78, 5) is 1.50. The summed E-state index contributed by atoms with van der Waals surface area (Å²) in [7, 11) is 0. The third kappa shape index (κ3) is 5.87. The Morgan fingerprint density at radius 1 is 0.352 bits per heavy atom. The van der Waals surface area contributed by atoms with Crippen molar-refractivity contribution >= 4 is 54.5 Å². The average molecular weight is 699 g/mol. The van der Waals surface area contributed by atoms with E-state index < -0.39 is 48.8 Å². The molecule has 0 N–H and O–H groups in total. The van der Waals surface area contributed by atoms with E-state index in [1.807, 2.05) is 91.0 Å². The molecule has 0 bridgehead atoms. The molecule has 0 spiro atoms. The molecule has 0 aliphatic carbocycles. The van der Waals surface area contributed by atoms with Crippen molar-refractivity contribution in [3.63, 3.8) is 0 Å². The second kappa shape index (κ2) is 13.5. The van der Waals surface area contributed by atoms with E-state index in [9.17, 15) is 5.48 Å². The summed E-state index contributed by atoms with van der Waals surface area (Å²) in [6.07, 6.45) is 0. The van der Waals surface area contributed by atoms with Crippen molar-refractivity contribution in [3.05, 3.63) is 218 Å². The quantitative estimate of drug-likeness (QED) is 0.150. The molecule has 0 fully saturated rings. The zero-order valence-electron chi connectivity index (χ0n) is 40.0. The predicted molar refractivity (Wildman–Crippen MR) is 232 cm³/mol. The van der Waals surface area contributed by atoms with Crippen molar-refractivity contribution in [1.82, 2.24) is 0 Å². The number of anilines is 2. The standard InChI is InChI=1S/C53H37N/c1-4-18-49-39(10-1)13-7-17-46(49)36-54(48-31-26-38(27-32-48)43-28-33-53-45(35-43)23-22-41-12-3-6-20-51(41)53)47-29-24-37(25-30-47)42-15-8-16-44(34-42)52-21-9-14-40-11-2-5-19-50(40)52/h1-35H,36H2/i1D,4D,7D,10D,13D,17D,18D,24D,25D,29D,30D. The predicted octanol–water partition coefficient (Wildman–Crippen LogP) is 14.6. The van der Waals surface area contributed by atoms with Crippen LogP contribution in [0.1, 0.15) is 20.6 Å². The van der Waals surface area contributed by atoms with E-state index >= 15 is 0 Å². The summed E-state index contributed by atoms with van der Waals surface area (Å²) in [5.41, 5.74) is 4.41. The van der Waals surface area contributed by atoms with Crippen LogP contribution in [0.4, 0.5) is 11.4 Å². The Kier molecular flexibility index (Phi) is 5.56. The van der Waals surface area contributed by atoms with Gasteiger partial charge in [0.05, 0.1) is 15.1 Å². The molecule has 0 saturated carbocycles. The molecule has 10 aromatic carbocycles. The van der Waals surface area contributed by atoms with Gasteiger partial charge in [-0.05, 0) is 118 Å². The van der Waals surface area contributed by atoms with Crippen molar-refractivity contribution in [3.8, 4) is 33.4 Å². The molecule has 254 valence electrons. The van der Waals surface area contributed by atoms with Crippen molar-refractivity contribution in [2.24, 2.45) is 0 Å². The number of rotatable bonds is 7. The molecule has 0 aliphatic rings. The van der Waals surface area contributed by atoms with Crippen LogP contribution in [0.3, 0.4) is 0 Å². The first kappa shape index (κ1) is 22.2. The lowest BCUT2D eigenvalue weighted by atomic mass is 9.95. The van der Waals surface area contributed by atoms with Crippen LogP contribution >= 0.6 is 0 Å². The van der Waals surface area contributed by atoms with Crippen LogP contribution in [0, 0.1) is 0 Å². The minimum absolute atomic E-state index is 0.0254. The van der Waals surface area contributed by atoms with Crippen molar-refractivity contribution in [2.75, 3.05) is 4.90 Å². The number of hydrogen-bond donors (Lipinski definition) is 0. The van der Waals surface area contributed by atoms with Gasteiger partial charge in [-0.2, -0.15) is 0 Å². The fourth-order valence-electron chi connectivity index (χ4n) is 7.37. The van der Waals surface area contributed by atoms with Gasteiger partial charge in [-0.1, -0.05) is 176 Å². The summed E-state index contributed by atoms with van der Waals surface area (Å²) >= 11 is 0. The highest BCUT2D eigenvalue weighted by Gasteiger charge is 2.14. The second-order valence-corrected chi connectivity index (χ2v) is 13.3. The molecule has 0 unspecified atom stereocenters. The van der Waals surface area contributed by atoms with Gasteiger partial charge >= 0.3 is 0 Å². The van der Waals surface area contributed by atoms with Crippen LogP contribution in [0.25, 0.3) is 76.5 Å². The Balaban J connectivity index is 1.14. The van der Waals surface area contributed by atoms with Gasteiger partial charge in [-0.15, -0.1) is 0 Å². The zero-order valence-corrected chi connectivity index (χ0v) is 29.0. The van der Waals surface area contributed by atoms with E-state index in [4.69, 9.17) is 9.60 Å². The van der Waals surface area contributed by atoms with Gasteiger partial charge in [-0.25, -0.2) is 0 Å². The van der Waals surface area contributed by atoms with E-state index in [1.54, 1.807) is 18.2 Å². The van der Waals surface area contributed by atoms with Gasteiger partial charge in [0, 0.05) is 17.9 Å². The van der Waals surface area contributed by atoms with Crippen LogP contribution in [0.5, 0.6) is 0 Å². The maximum Gasteiger partial charge on any atom is 0.0645 e. The first-order chi connectivity index (χ1) is 31.3. The highest BCUT2D eigenvalue weighted by atomic mass is 15.1. The van der Waals surface area contributed by atoms with Gasteiger partial charge in [0.25, 0.3) is 0 Å². The largest absolute Gasteiger partial charge is 0.337 e. The number of hydrogen-bond acceptors (Lipinski definition) is 1. The van der Waals surface area contributed by atoms with E-state index in [2.05, 4.69) is 36.4 Å². The molecule has 0 aliphatic heterocycles. The lowest BCUT2D eigenvalue weighted by molar-refractivity contribution is 0.985. The fourth-order valence-corrected chi connectivity index (χ4v) is 7.37. The topological polar surface area (TPSA) is 3.24 Å². The minimum Gasteiger partial charge on any atom is -0.337 e. The van der Waals surface area contributed by atoms with E-state index in [1.165, 1.54) is 4.90 Å². The fraction of sp³-hybridized carbons (Fsp3) is 0.0189. The summed E-state index contributed by atoms with van der Waals surface area (Å²) in [5, 5.41) is 6.20. The highest BCUT2D eigenvalue weighted by Crippen LogP contribution is 2.36. The molecule has 0 amide bonds. The molecule has 10 aromatic rings. The Morgan fingerprint density at radius 3 is 1.87 bits per heavy atom. The van der Waals surface area contributed by atoms with Crippen LogP contribution in [-0.2, 0) is 6.54 Å². The van der Waals surface area contributed by atoms with E-state index in [0.717, 1.165) is 54.6 Å². The second-order valence-electron chi connectivity index (χ2n) is 13.3. The third-order valence-corrected chi connectivity index (χ3v) is 10.1. The Morgan fingerprint density at radius 2 is 1.00 bits per heavy atom. The van der Waals surface area contributed by atoms with E-state index in [-0.39, 0.29) is 51.8 Å². The number of nitrogens with zero attached hydrogens (tertiary/aromatic N) is 1. The lowest BCUT2D eigenvalue weighted by Crippen LogP contribution is -2.16. The molecular weight excluding hydrogens is 651 g/mol. The average Bonchev–Trinajstić information content (AvgIpc) is 3.33. The van der Waals surface area contributed by atoms with Gasteiger partial charge in [0.1, 0.15) is 0 Å². The van der Waals surface area contributed by atoms with Crippen LogP contribution in [-0.4, -0.2) is 0 Å². The lowest BCUT2D eigenvalue weighted by Gasteiger charge is -2.26. The molecule has 10 rings (SSSR count). The minimum atomic E-state index is -0.576. The maximum atomic E-state index is 9.57. The van der Waals surface area contributed by atoms with Crippen molar-refractivity contribution in [2.45, 2.75) is 6.54 Å². The Labute approximate surface area is 331 Å². The monoisotopic (exact) mass is 698 g/mol. The smallest absolute Gasteiger partial charge is 0.0645 e. The Hall–Kier alpha value is -6.96. The van der Waals surface area contributed by atoms with Gasteiger partial charge in [0.15, 0.2) is 0 Å².